The molecule has 0 bridgehead atoms. The van der Waals surface area contributed by atoms with Crippen LogP contribution in [0.15, 0.2) is 0 Å². The molecule has 2 aliphatic rings. The lowest BCUT2D eigenvalue weighted by molar-refractivity contribution is -0.0444. The molecule has 2 fully saturated rings. The van der Waals surface area contributed by atoms with Crippen molar-refractivity contribution in [3.8, 4) is 0 Å². The van der Waals surface area contributed by atoms with Gasteiger partial charge in [0.25, 0.3) is 0 Å². The molecule has 0 radical (unpaired) electrons. The lowest BCUT2D eigenvalue weighted by Crippen LogP contribution is -2.34. The fraction of sp³-hybridized carbons (Fsp3) is 1.00. The molecule has 2 aliphatic heterocycles. The van der Waals surface area contributed by atoms with Gasteiger partial charge in [0.15, 0.2) is 0 Å². The topological polar surface area (TPSA) is 31.0 Å². The second-order valence-electron chi connectivity index (χ2n) is 3.29. The van der Waals surface area contributed by atoms with Crippen LogP contribution in [0.3, 0.4) is 0 Å². The van der Waals surface area contributed by atoms with E-state index in [9.17, 15) is 0 Å². The van der Waals surface area contributed by atoms with E-state index in [1.165, 1.54) is 9.21 Å². The standard InChI is InChI=1S/C7H11IO3S/c8-12-11-3-6-1-2-7(4-9-6)5-10-7/h6H,1-5H2. The van der Waals surface area contributed by atoms with Gasteiger partial charge in [-0.3, -0.25) is 0 Å². The lowest BCUT2D eigenvalue weighted by Gasteiger charge is -2.26. The minimum absolute atomic E-state index is 0.119. The fourth-order valence-corrected chi connectivity index (χ4v) is 2.06. The van der Waals surface area contributed by atoms with Gasteiger partial charge in [-0.2, -0.15) is 0 Å². The zero-order chi connectivity index (χ0) is 8.44. The first-order chi connectivity index (χ1) is 5.85. The molecule has 0 aromatic heterocycles. The monoisotopic (exact) mass is 302 g/mol. The van der Waals surface area contributed by atoms with Crippen LogP contribution in [-0.2, 0) is 13.7 Å². The van der Waals surface area contributed by atoms with E-state index in [4.69, 9.17) is 13.7 Å². The normalized spacial score (nSPS) is 40.2. The van der Waals surface area contributed by atoms with Gasteiger partial charge < -0.3 is 13.7 Å². The molecule has 2 rings (SSSR count). The summed E-state index contributed by atoms with van der Waals surface area (Å²) in [6.07, 6.45) is 2.48. The zero-order valence-corrected chi connectivity index (χ0v) is 9.60. The maximum atomic E-state index is 5.59. The van der Waals surface area contributed by atoms with Crippen LogP contribution in [0.25, 0.3) is 0 Å². The van der Waals surface area contributed by atoms with Crippen molar-refractivity contribution in [3.63, 3.8) is 0 Å². The number of hydrogen-bond donors (Lipinski definition) is 0. The van der Waals surface area contributed by atoms with Gasteiger partial charge in [0.1, 0.15) is 5.60 Å². The summed E-state index contributed by atoms with van der Waals surface area (Å²) < 4.78 is 16.1. The molecule has 2 heterocycles. The summed E-state index contributed by atoms with van der Waals surface area (Å²) in [4.78, 5) is 0. The van der Waals surface area contributed by atoms with E-state index in [-0.39, 0.29) is 11.7 Å². The van der Waals surface area contributed by atoms with E-state index in [0.717, 1.165) is 26.1 Å². The maximum Gasteiger partial charge on any atom is 0.115 e. The largest absolute Gasteiger partial charge is 0.373 e. The molecule has 5 heteroatoms. The summed E-state index contributed by atoms with van der Waals surface area (Å²) in [7, 11) is 1.37. The number of epoxide rings is 1. The SMILES string of the molecule is ISOCC1CCC2(CO1)CO2. The first-order valence-electron chi connectivity index (χ1n) is 4.00. The Morgan fingerprint density at radius 3 is 2.92 bits per heavy atom. The van der Waals surface area contributed by atoms with Crippen LogP contribution in [0.2, 0.25) is 0 Å². The molecule has 70 valence electrons. The first kappa shape index (κ1) is 9.51. The van der Waals surface area contributed by atoms with Crippen molar-refractivity contribution in [3.05, 3.63) is 0 Å². The second kappa shape index (κ2) is 4.00. The molecule has 0 saturated carbocycles. The summed E-state index contributed by atoms with van der Waals surface area (Å²) in [5, 5.41) is 0. The van der Waals surface area contributed by atoms with Gasteiger partial charge in [0.2, 0.25) is 0 Å². The van der Waals surface area contributed by atoms with Crippen LogP contribution >= 0.6 is 30.4 Å². The van der Waals surface area contributed by atoms with E-state index in [2.05, 4.69) is 21.2 Å². The van der Waals surface area contributed by atoms with Gasteiger partial charge in [-0.1, -0.05) is 0 Å². The minimum atomic E-state index is 0.119. The zero-order valence-electron chi connectivity index (χ0n) is 6.62. The van der Waals surface area contributed by atoms with Crippen LogP contribution < -0.4 is 0 Å². The van der Waals surface area contributed by atoms with Crippen molar-refractivity contribution in [2.75, 3.05) is 19.8 Å². The molecule has 0 N–H and O–H groups in total. The predicted molar refractivity (Wildman–Crippen MR) is 55.2 cm³/mol. The smallest absolute Gasteiger partial charge is 0.115 e. The van der Waals surface area contributed by atoms with Gasteiger partial charge in [-0.15, -0.1) is 0 Å². The Kier molecular flexibility index (Phi) is 3.17. The molecule has 0 aromatic carbocycles. The van der Waals surface area contributed by atoms with Gasteiger partial charge >= 0.3 is 0 Å². The van der Waals surface area contributed by atoms with Crippen molar-refractivity contribution >= 4 is 30.4 Å². The summed E-state index contributed by atoms with van der Waals surface area (Å²) in [5.74, 6) is 0. The van der Waals surface area contributed by atoms with Crippen LogP contribution in [0, 0.1) is 0 Å². The Labute approximate surface area is 88.3 Å². The highest BCUT2D eigenvalue weighted by atomic mass is 127. The first-order valence-corrected chi connectivity index (χ1v) is 7.29. The predicted octanol–water partition coefficient (Wildman–Crippen LogP) is 1.95. The third-order valence-corrected chi connectivity index (χ3v) is 3.34. The second-order valence-corrected chi connectivity index (χ2v) is 4.73. The molecule has 12 heavy (non-hydrogen) atoms. The Balaban J connectivity index is 1.68. The molecule has 2 atom stereocenters. The number of rotatable bonds is 3. The molecule has 0 aliphatic carbocycles. The van der Waals surface area contributed by atoms with E-state index >= 15 is 0 Å². The molecule has 3 nitrogen and oxygen atoms in total. The molecular weight excluding hydrogens is 291 g/mol. The van der Waals surface area contributed by atoms with E-state index in [1.807, 2.05) is 0 Å². The quantitative estimate of drug-likeness (QED) is 0.453. The third-order valence-electron chi connectivity index (χ3n) is 2.36. The Bertz CT molecular complexity index is 153. The third kappa shape index (κ3) is 2.25. The molecular formula is C7H11IO3S. The number of halogens is 1. The Morgan fingerprint density at radius 2 is 2.42 bits per heavy atom. The average Bonchev–Trinajstić information content (AvgIpc) is 2.85. The summed E-state index contributed by atoms with van der Waals surface area (Å²) in [5.41, 5.74) is 0.119. The maximum absolute atomic E-state index is 5.59. The highest BCUT2D eigenvalue weighted by Crippen LogP contribution is 2.37. The van der Waals surface area contributed by atoms with Gasteiger partial charge in [-0.25, -0.2) is 0 Å². The van der Waals surface area contributed by atoms with Gasteiger partial charge in [0, 0.05) is 21.2 Å². The highest BCUT2D eigenvalue weighted by Gasteiger charge is 2.47. The van der Waals surface area contributed by atoms with Crippen LogP contribution in [0.5, 0.6) is 0 Å². The molecule has 2 saturated heterocycles. The van der Waals surface area contributed by atoms with Gasteiger partial charge in [-0.05, 0) is 12.8 Å². The fourth-order valence-electron chi connectivity index (χ4n) is 1.41. The van der Waals surface area contributed by atoms with Crippen LogP contribution in [0.4, 0.5) is 0 Å². The average molecular weight is 302 g/mol. The van der Waals surface area contributed by atoms with Crippen molar-refractivity contribution in [1.29, 1.82) is 0 Å². The van der Waals surface area contributed by atoms with E-state index in [0.29, 0.717) is 6.61 Å². The van der Waals surface area contributed by atoms with E-state index in [1.54, 1.807) is 0 Å². The van der Waals surface area contributed by atoms with Crippen molar-refractivity contribution in [2.45, 2.75) is 24.5 Å². The van der Waals surface area contributed by atoms with Crippen molar-refractivity contribution in [1.82, 2.24) is 0 Å². The summed E-state index contributed by atoms with van der Waals surface area (Å²) in [6.45, 7) is 2.35. The Morgan fingerprint density at radius 1 is 1.58 bits per heavy atom. The van der Waals surface area contributed by atoms with Crippen LogP contribution in [0.1, 0.15) is 12.8 Å². The lowest BCUT2D eigenvalue weighted by atomic mass is 10.00. The summed E-state index contributed by atoms with van der Waals surface area (Å²) in [6, 6.07) is 0. The van der Waals surface area contributed by atoms with Gasteiger partial charge in [0.05, 0.1) is 35.1 Å². The van der Waals surface area contributed by atoms with Crippen molar-refractivity contribution < 1.29 is 13.7 Å². The van der Waals surface area contributed by atoms with Crippen molar-refractivity contribution in [2.24, 2.45) is 0 Å². The summed E-state index contributed by atoms with van der Waals surface area (Å²) >= 11 is 2.12. The number of hydrogen-bond acceptors (Lipinski definition) is 4. The molecule has 1 spiro atoms. The number of ether oxygens (including phenoxy) is 2. The minimum Gasteiger partial charge on any atom is -0.373 e. The van der Waals surface area contributed by atoms with Crippen LogP contribution in [-0.4, -0.2) is 31.5 Å². The Hall–Kier alpha value is 0.960. The highest BCUT2D eigenvalue weighted by molar-refractivity contribution is 14.2. The molecule has 0 amide bonds. The molecule has 0 aromatic rings. The van der Waals surface area contributed by atoms with E-state index < -0.39 is 0 Å². The molecule has 2 unspecified atom stereocenters.